The van der Waals surface area contributed by atoms with Gasteiger partial charge < -0.3 is 9.84 Å². The van der Waals surface area contributed by atoms with Crippen LogP contribution in [0.15, 0.2) is 41.5 Å². The lowest BCUT2D eigenvalue weighted by molar-refractivity contribution is -0.123. The van der Waals surface area contributed by atoms with Crippen molar-refractivity contribution in [3.05, 3.63) is 57.6 Å². The second-order valence-corrected chi connectivity index (χ2v) is 6.00. The number of benzene rings is 2. The lowest BCUT2D eigenvalue weighted by Gasteiger charge is -2.10. The van der Waals surface area contributed by atoms with Gasteiger partial charge in [0.25, 0.3) is 5.91 Å². The summed E-state index contributed by atoms with van der Waals surface area (Å²) in [5.41, 5.74) is 3.63. The van der Waals surface area contributed by atoms with Crippen LogP contribution < -0.4 is 10.2 Å². The number of halogens is 2. The SMILES string of the molecule is CCC(=NNC(=O)COc1ccc(C#N)cc1)c1cc(Cl)cc(Cl)c1O. The Balaban J connectivity index is 2.02. The molecule has 0 aromatic heterocycles. The summed E-state index contributed by atoms with van der Waals surface area (Å²) in [5, 5.41) is 23.2. The minimum absolute atomic E-state index is 0.101. The first kappa shape index (κ1) is 19.6. The molecule has 8 heteroatoms. The van der Waals surface area contributed by atoms with Crippen molar-refractivity contribution in [1.29, 1.82) is 5.26 Å². The van der Waals surface area contributed by atoms with Crippen molar-refractivity contribution in [3.8, 4) is 17.6 Å². The molecule has 0 bridgehead atoms. The van der Waals surface area contributed by atoms with E-state index in [1.807, 2.05) is 13.0 Å². The predicted molar refractivity (Wildman–Crippen MR) is 99.7 cm³/mol. The van der Waals surface area contributed by atoms with Crippen LogP contribution in [0, 0.1) is 11.3 Å². The number of hydrazone groups is 1. The highest BCUT2D eigenvalue weighted by molar-refractivity contribution is 6.36. The van der Waals surface area contributed by atoms with Crippen molar-refractivity contribution in [3.63, 3.8) is 0 Å². The molecule has 2 N–H and O–H groups in total. The molecule has 0 saturated heterocycles. The van der Waals surface area contributed by atoms with Crippen molar-refractivity contribution >= 4 is 34.8 Å². The van der Waals surface area contributed by atoms with Gasteiger partial charge in [0, 0.05) is 10.6 Å². The number of nitriles is 1. The summed E-state index contributed by atoms with van der Waals surface area (Å²) in [7, 11) is 0. The Hall–Kier alpha value is -2.75. The van der Waals surface area contributed by atoms with Crippen molar-refractivity contribution in [1.82, 2.24) is 5.43 Å². The molecular weight excluding hydrogens is 377 g/mol. The molecule has 0 spiro atoms. The number of amides is 1. The average molecular weight is 392 g/mol. The normalized spacial score (nSPS) is 10.9. The van der Waals surface area contributed by atoms with E-state index in [0.29, 0.717) is 34.0 Å². The topological polar surface area (TPSA) is 94.7 Å². The van der Waals surface area contributed by atoms with Gasteiger partial charge in [0.2, 0.25) is 0 Å². The number of carbonyl (C=O) groups excluding carboxylic acids is 1. The average Bonchev–Trinajstić information content (AvgIpc) is 2.64. The first-order valence-electron chi connectivity index (χ1n) is 7.61. The molecule has 0 aliphatic rings. The first-order chi connectivity index (χ1) is 12.4. The van der Waals surface area contributed by atoms with Crippen molar-refractivity contribution in [2.75, 3.05) is 6.61 Å². The molecule has 0 fully saturated rings. The fourth-order valence-corrected chi connectivity index (χ4v) is 2.55. The smallest absolute Gasteiger partial charge is 0.277 e. The van der Waals surface area contributed by atoms with Crippen LogP contribution in [-0.4, -0.2) is 23.3 Å². The standard InChI is InChI=1S/C18H15Cl2N3O3/c1-2-16(14-7-12(19)8-15(20)18(14)25)22-23-17(24)10-26-13-5-3-11(9-21)4-6-13/h3-8,25H,2,10H2,1H3,(H,23,24). The van der Waals surface area contributed by atoms with E-state index in [0.717, 1.165) is 0 Å². The molecule has 134 valence electrons. The number of hydrogen-bond acceptors (Lipinski definition) is 5. The van der Waals surface area contributed by atoms with Gasteiger partial charge in [0.15, 0.2) is 6.61 Å². The number of phenols is 1. The maximum atomic E-state index is 11.9. The van der Waals surface area contributed by atoms with Gasteiger partial charge in [-0.15, -0.1) is 0 Å². The maximum Gasteiger partial charge on any atom is 0.277 e. The minimum Gasteiger partial charge on any atom is -0.506 e. The molecule has 2 aromatic rings. The largest absolute Gasteiger partial charge is 0.506 e. The molecular formula is C18H15Cl2N3O3. The summed E-state index contributed by atoms with van der Waals surface area (Å²) in [6.45, 7) is 1.56. The van der Waals surface area contributed by atoms with Gasteiger partial charge in [-0.05, 0) is 42.8 Å². The number of carbonyl (C=O) groups is 1. The van der Waals surface area contributed by atoms with Gasteiger partial charge in [0.1, 0.15) is 11.5 Å². The molecule has 0 aliphatic carbocycles. The van der Waals surface area contributed by atoms with E-state index in [1.54, 1.807) is 24.3 Å². The van der Waals surface area contributed by atoms with Gasteiger partial charge in [0.05, 0.1) is 22.4 Å². The fraction of sp³-hybridized carbons (Fsp3) is 0.167. The van der Waals surface area contributed by atoms with Crippen LogP contribution in [0.25, 0.3) is 0 Å². The van der Waals surface area contributed by atoms with E-state index < -0.39 is 5.91 Å². The minimum atomic E-state index is -0.479. The molecule has 2 aromatic carbocycles. The van der Waals surface area contributed by atoms with Crippen LogP contribution in [0.4, 0.5) is 0 Å². The molecule has 0 saturated carbocycles. The summed E-state index contributed by atoms with van der Waals surface area (Å²) < 4.78 is 5.32. The Kier molecular flexibility index (Phi) is 6.84. The van der Waals surface area contributed by atoms with Crippen molar-refractivity contribution < 1.29 is 14.6 Å². The quantitative estimate of drug-likeness (QED) is 0.576. The monoisotopic (exact) mass is 391 g/mol. The summed E-state index contributed by atoms with van der Waals surface area (Å²) in [6, 6.07) is 11.3. The number of nitrogens with one attached hydrogen (secondary N) is 1. The lowest BCUT2D eigenvalue weighted by atomic mass is 10.1. The van der Waals surface area contributed by atoms with Crippen LogP contribution >= 0.6 is 23.2 Å². The Bertz CT molecular complexity index is 874. The van der Waals surface area contributed by atoms with Gasteiger partial charge in [-0.2, -0.15) is 10.4 Å². The zero-order valence-electron chi connectivity index (χ0n) is 13.8. The predicted octanol–water partition coefficient (Wildman–Crippen LogP) is 3.88. The number of ether oxygens (including phenoxy) is 1. The third-order valence-corrected chi connectivity index (χ3v) is 3.85. The van der Waals surface area contributed by atoms with Crippen LogP contribution in [-0.2, 0) is 4.79 Å². The van der Waals surface area contributed by atoms with Crippen LogP contribution in [0.2, 0.25) is 10.0 Å². The Labute approximate surface area is 160 Å². The second-order valence-electron chi connectivity index (χ2n) is 5.16. The molecule has 0 aliphatic heterocycles. The van der Waals surface area contributed by atoms with E-state index in [4.69, 9.17) is 33.2 Å². The maximum absolute atomic E-state index is 11.9. The van der Waals surface area contributed by atoms with Crippen LogP contribution in [0.5, 0.6) is 11.5 Å². The Morgan fingerprint density at radius 2 is 2.00 bits per heavy atom. The third kappa shape index (κ3) is 5.12. The summed E-state index contributed by atoms with van der Waals surface area (Å²) in [5.74, 6) is -0.175. The molecule has 2 rings (SSSR count). The van der Waals surface area contributed by atoms with E-state index in [1.165, 1.54) is 12.1 Å². The molecule has 0 radical (unpaired) electrons. The molecule has 0 atom stereocenters. The van der Waals surface area contributed by atoms with Crippen LogP contribution in [0.3, 0.4) is 0 Å². The van der Waals surface area contributed by atoms with Crippen LogP contribution in [0.1, 0.15) is 24.5 Å². The third-order valence-electron chi connectivity index (χ3n) is 3.34. The highest BCUT2D eigenvalue weighted by atomic mass is 35.5. The summed E-state index contributed by atoms with van der Waals surface area (Å²) in [4.78, 5) is 11.9. The summed E-state index contributed by atoms with van der Waals surface area (Å²) >= 11 is 11.9. The zero-order chi connectivity index (χ0) is 19.1. The van der Waals surface area contributed by atoms with E-state index in [-0.39, 0.29) is 17.4 Å². The molecule has 1 amide bonds. The number of hydrogen-bond donors (Lipinski definition) is 2. The Morgan fingerprint density at radius 1 is 1.31 bits per heavy atom. The fourth-order valence-electron chi connectivity index (χ4n) is 2.05. The molecule has 26 heavy (non-hydrogen) atoms. The first-order valence-corrected chi connectivity index (χ1v) is 8.37. The number of nitrogens with zero attached hydrogens (tertiary/aromatic N) is 2. The van der Waals surface area contributed by atoms with E-state index in [2.05, 4.69) is 10.5 Å². The van der Waals surface area contributed by atoms with Crippen molar-refractivity contribution in [2.45, 2.75) is 13.3 Å². The van der Waals surface area contributed by atoms with Gasteiger partial charge in [-0.1, -0.05) is 30.1 Å². The number of rotatable bonds is 6. The zero-order valence-corrected chi connectivity index (χ0v) is 15.3. The molecule has 0 heterocycles. The second kappa shape index (κ2) is 9.09. The Morgan fingerprint density at radius 3 is 2.62 bits per heavy atom. The summed E-state index contributed by atoms with van der Waals surface area (Å²) in [6.07, 6.45) is 0.432. The van der Waals surface area contributed by atoms with Crippen molar-refractivity contribution in [2.24, 2.45) is 5.10 Å². The molecule has 6 nitrogen and oxygen atoms in total. The molecule has 0 unspecified atom stereocenters. The lowest BCUT2D eigenvalue weighted by Crippen LogP contribution is -2.26. The highest BCUT2D eigenvalue weighted by Crippen LogP contribution is 2.32. The van der Waals surface area contributed by atoms with Gasteiger partial charge >= 0.3 is 0 Å². The van der Waals surface area contributed by atoms with Gasteiger partial charge in [-0.25, -0.2) is 5.43 Å². The number of aromatic hydroxyl groups is 1. The van der Waals surface area contributed by atoms with Gasteiger partial charge in [-0.3, -0.25) is 4.79 Å². The number of phenolic OH excluding ortho intramolecular Hbond substituents is 1. The van der Waals surface area contributed by atoms with E-state index >= 15 is 0 Å². The van der Waals surface area contributed by atoms with E-state index in [9.17, 15) is 9.90 Å². The highest BCUT2D eigenvalue weighted by Gasteiger charge is 2.13.